The number of aryl methyl sites for hydroxylation is 1. The summed E-state index contributed by atoms with van der Waals surface area (Å²) in [6.45, 7) is 3.26. The number of hydrogen-bond acceptors (Lipinski definition) is 5. The van der Waals surface area contributed by atoms with Crippen LogP contribution in [0.3, 0.4) is 0 Å². The Balaban J connectivity index is 2.38. The van der Waals surface area contributed by atoms with Crippen molar-refractivity contribution in [3.63, 3.8) is 0 Å². The number of aliphatic hydroxyl groups is 1. The van der Waals surface area contributed by atoms with Crippen LogP contribution in [-0.4, -0.2) is 15.0 Å². The SMILES string of the molecule is Cc1cccc(Oc2cc([C@H](C)O)ccn2)c1[N+](=O)[O-]. The number of aliphatic hydroxyl groups excluding tert-OH is 1. The van der Waals surface area contributed by atoms with Gasteiger partial charge in [-0.05, 0) is 31.5 Å². The van der Waals surface area contributed by atoms with E-state index in [1.807, 2.05) is 0 Å². The average Bonchev–Trinajstić information content (AvgIpc) is 2.38. The lowest BCUT2D eigenvalue weighted by Gasteiger charge is -2.09. The summed E-state index contributed by atoms with van der Waals surface area (Å²) < 4.78 is 5.48. The normalized spacial score (nSPS) is 11.9. The summed E-state index contributed by atoms with van der Waals surface area (Å²) in [6.07, 6.45) is 0.826. The quantitative estimate of drug-likeness (QED) is 0.683. The number of ether oxygens (including phenoxy) is 1. The topological polar surface area (TPSA) is 85.5 Å². The van der Waals surface area contributed by atoms with Gasteiger partial charge < -0.3 is 9.84 Å². The van der Waals surface area contributed by atoms with Gasteiger partial charge in [0.05, 0.1) is 11.0 Å². The fraction of sp³-hybridized carbons (Fsp3) is 0.214. The van der Waals surface area contributed by atoms with Gasteiger partial charge in [0.2, 0.25) is 11.6 Å². The lowest BCUT2D eigenvalue weighted by Crippen LogP contribution is -1.98. The third-order valence-electron chi connectivity index (χ3n) is 2.84. The second-order valence-electron chi connectivity index (χ2n) is 4.38. The molecule has 6 heteroatoms. The number of pyridine rings is 1. The van der Waals surface area contributed by atoms with Crippen LogP contribution in [0.1, 0.15) is 24.2 Å². The van der Waals surface area contributed by atoms with E-state index in [0.29, 0.717) is 11.1 Å². The number of benzene rings is 1. The first kappa shape index (κ1) is 14.0. The molecular weight excluding hydrogens is 260 g/mol. The highest BCUT2D eigenvalue weighted by Crippen LogP contribution is 2.33. The van der Waals surface area contributed by atoms with Gasteiger partial charge in [0.25, 0.3) is 0 Å². The number of hydrogen-bond donors (Lipinski definition) is 1. The molecule has 0 spiro atoms. The third kappa shape index (κ3) is 2.92. The van der Waals surface area contributed by atoms with Crippen LogP contribution in [0.25, 0.3) is 0 Å². The van der Waals surface area contributed by atoms with Gasteiger partial charge >= 0.3 is 5.69 Å². The number of nitrogens with zero attached hydrogens (tertiary/aromatic N) is 2. The second-order valence-corrected chi connectivity index (χ2v) is 4.38. The fourth-order valence-electron chi connectivity index (χ4n) is 1.80. The Morgan fingerprint density at radius 1 is 1.40 bits per heavy atom. The van der Waals surface area contributed by atoms with E-state index in [-0.39, 0.29) is 17.3 Å². The molecule has 0 saturated heterocycles. The first-order chi connectivity index (χ1) is 9.49. The van der Waals surface area contributed by atoms with Crippen molar-refractivity contribution in [1.82, 2.24) is 4.98 Å². The number of nitro groups is 1. The van der Waals surface area contributed by atoms with Crippen molar-refractivity contribution in [3.8, 4) is 11.6 Å². The molecule has 0 amide bonds. The minimum atomic E-state index is -0.659. The van der Waals surface area contributed by atoms with Crippen molar-refractivity contribution in [2.75, 3.05) is 0 Å². The van der Waals surface area contributed by atoms with Crippen LogP contribution >= 0.6 is 0 Å². The highest BCUT2D eigenvalue weighted by molar-refractivity contribution is 5.53. The summed E-state index contributed by atoms with van der Waals surface area (Å²) >= 11 is 0. The fourth-order valence-corrected chi connectivity index (χ4v) is 1.80. The standard InChI is InChI=1S/C14H14N2O4/c1-9-4-3-5-12(14(9)16(18)19)20-13-8-11(10(2)17)6-7-15-13/h3-8,10,17H,1-2H3/t10-/m0/s1. The summed E-state index contributed by atoms with van der Waals surface area (Å²) in [4.78, 5) is 14.6. The van der Waals surface area contributed by atoms with Crippen molar-refractivity contribution in [2.24, 2.45) is 0 Å². The number of aromatic nitrogens is 1. The lowest BCUT2D eigenvalue weighted by molar-refractivity contribution is -0.386. The molecule has 1 aromatic carbocycles. The third-order valence-corrected chi connectivity index (χ3v) is 2.84. The molecule has 0 bridgehead atoms. The largest absolute Gasteiger partial charge is 0.432 e. The number of nitro benzene ring substituents is 1. The minimum Gasteiger partial charge on any atom is -0.432 e. The Kier molecular flexibility index (Phi) is 3.95. The molecule has 6 nitrogen and oxygen atoms in total. The van der Waals surface area contributed by atoms with Crippen molar-refractivity contribution in [3.05, 3.63) is 57.8 Å². The van der Waals surface area contributed by atoms with Gasteiger partial charge in [-0.25, -0.2) is 4.98 Å². The molecule has 0 aliphatic carbocycles. The van der Waals surface area contributed by atoms with Crippen LogP contribution < -0.4 is 4.74 Å². The Morgan fingerprint density at radius 2 is 2.15 bits per heavy atom. The first-order valence-electron chi connectivity index (χ1n) is 6.05. The molecule has 104 valence electrons. The maximum atomic E-state index is 11.1. The lowest BCUT2D eigenvalue weighted by atomic mass is 10.2. The summed E-state index contributed by atoms with van der Waals surface area (Å²) in [7, 11) is 0. The van der Waals surface area contributed by atoms with E-state index in [2.05, 4.69) is 4.98 Å². The highest BCUT2D eigenvalue weighted by atomic mass is 16.6. The minimum absolute atomic E-state index is 0.0863. The van der Waals surface area contributed by atoms with Crippen LogP contribution in [0.15, 0.2) is 36.5 Å². The Bertz CT molecular complexity index is 641. The van der Waals surface area contributed by atoms with E-state index in [1.165, 1.54) is 12.3 Å². The molecule has 1 heterocycles. The smallest absolute Gasteiger partial charge is 0.314 e. The predicted molar refractivity (Wildman–Crippen MR) is 72.8 cm³/mol. The number of rotatable bonds is 4. The van der Waals surface area contributed by atoms with Crippen LogP contribution in [-0.2, 0) is 0 Å². The first-order valence-corrected chi connectivity index (χ1v) is 6.05. The van der Waals surface area contributed by atoms with E-state index >= 15 is 0 Å². The zero-order valence-corrected chi connectivity index (χ0v) is 11.1. The van der Waals surface area contributed by atoms with E-state index in [9.17, 15) is 15.2 Å². The molecule has 2 rings (SSSR count). The van der Waals surface area contributed by atoms with E-state index in [4.69, 9.17) is 4.74 Å². The average molecular weight is 274 g/mol. The summed E-state index contributed by atoms with van der Waals surface area (Å²) in [5.74, 6) is 0.336. The highest BCUT2D eigenvalue weighted by Gasteiger charge is 2.19. The van der Waals surface area contributed by atoms with Crippen molar-refractivity contribution in [1.29, 1.82) is 0 Å². The van der Waals surface area contributed by atoms with Crippen molar-refractivity contribution in [2.45, 2.75) is 20.0 Å². The second kappa shape index (κ2) is 5.66. The van der Waals surface area contributed by atoms with Gasteiger partial charge in [0, 0.05) is 17.8 Å². The van der Waals surface area contributed by atoms with Gasteiger partial charge in [-0.2, -0.15) is 0 Å². The van der Waals surface area contributed by atoms with Gasteiger partial charge in [-0.3, -0.25) is 10.1 Å². The molecular formula is C14H14N2O4. The predicted octanol–water partition coefficient (Wildman–Crippen LogP) is 3.14. The van der Waals surface area contributed by atoms with Crippen LogP contribution in [0, 0.1) is 17.0 Å². The molecule has 2 aromatic rings. The van der Waals surface area contributed by atoms with Gasteiger partial charge in [0.1, 0.15) is 0 Å². The number of para-hydroxylation sites is 1. The molecule has 0 saturated carbocycles. The molecule has 20 heavy (non-hydrogen) atoms. The Hall–Kier alpha value is -2.47. The van der Waals surface area contributed by atoms with Gasteiger partial charge in [-0.1, -0.05) is 12.1 Å². The summed E-state index contributed by atoms with van der Waals surface area (Å²) in [5.41, 5.74) is 1.06. The van der Waals surface area contributed by atoms with Crippen molar-refractivity contribution < 1.29 is 14.8 Å². The molecule has 0 aliphatic heterocycles. The van der Waals surface area contributed by atoms with E-state index < -0.39 is 11.0 Å². The molecule has 0 fully saturated rings. The molecule has 0 unspecified atom stereocenters. The van der Waals surface area contributed by atoms with Crippen LogP contribution in [0.5, 0.6) is 11.6 Å². The molecule has 0 radical (unpaired) electrons. The summed E-state index contributed by atoms with van der Waals surface area (Å²) in [5, 5.41) is 20.6. The Morgan fingerprint density at radius 3 is 2.80 bits per heavy atom. The molecule has 1 N–H and O–H groups in total. The van der Waals surface area contributed by atoms with Crippen LogP contribution in [0.2, 0.25) is 0 Å². The summed E-state index contributed by atoms with van der Waals surface area (Å²) in [6, 6.07) is 8.04. The molecule has 1 atom stereocenters. The molecule has 0 aliphatic rings. The van der Waals surface area contributed by atoms with Crippen LogP contribution in [0.4, 0.5) is 5.69 Å². The zero-order chi connectivity index (χ0) is 14.7. The van der Waals surface area contributed by atoms with E-state index in [1.54, 1.807) is 38.1 Å². The van der Waals surface area contributed by atoms with Gasteiger partial charge in [-0.15, -0.1) is 0 Å². The van der Waals surface area contributed by atoms with E-state index in [0.717, 1.165) is 0 Å². The molecule has 1 aromatic heterocycles. The maximum Gasteiger partial charge on any atom is 0.314 e. The monoisotopic (exact) mass is 274 g/mol. The zero-order valence-electron chi connectivity index (χ0n) is 11.1. The maximum absolute atomic E-state index is 11.1. The van der Waals surface area contributed by atoms with Gasteiger partial charge in [0.15, 0.2) is 0 Å². The Labute approximate surface area is 115 Å². The van der Waals surface area contributed by atoms with Crippen molar-refractivity contribution >= 4 is 5.69 Å².